The van der Waals surface area contributed by atoms with Gasteiger partial charge in [-0.3, -0.25) is 0 Å². The molecule has 0 fully saturated rings. The van der Waals surface area contributed by atoms with Gasteiger partial charge in [0, 0.05) is 0 Å². The van der Waals surface area contributed by atoms with Crippen molar-refractivity contribution in [2.45, 2.75) is 38.9 Å². The highest BCUT2D eigenvalue weighted by atomic mass is 19.4. The summed E-state index contributed by atoms with van der Waals surface area (Å²) in [5, 5.41) is 0. The fourth-order valence-corrected chi connectivity index (χ4v) is 2.82. The number of ether oxygens (including phenoxy) is 1. The average Bonchev–Trinajstić information content (AvgIpc) is 2.94. The number of rotatable bonds is 4. The molecule has 3 rings (SSSR count). The first-order valence-electron chi connectivity index (χ1n) is 8.42. The van der Waals surface area contributed by atoms with Gasteiger partial charge >= 0.3 is 6.18 Å². The highest BCUT2D eigenvalue weighted by Crippen LogP contribution is 2.31. The SMILES string of the molecule is CC(C)(C)c1ccc(OCCn2c(C(F)(F)F)nc3ccccc32)cc1. The van der Waals surface area contributed by atoms with Crippen LogP contribution in [0.25, 0.3) is 11.0 Å². The number of para-hydroxylation sites is 2. The lowest BCUT2D eigenvalue weighted by molar-refractivity contribution is -0.147. The molecule has 26 heavy (non-hydrogen) atoms. The summed E-state index contributed by atoms with van der Waals surface area (Å²) >= 11 is 0. The number of imidazole rings is 1. The molecule has 1 heterocycles. The van der Waals surface area contributed by atoms with Gasteiger partial charge in [0.2, 0.25) is 5.82 Å². The molecule has 0 N–H and O–H groups in total. The van der Waals surface area contributed by atoms with Gasteiger partial charge in [0.1, 0.15) is 12.4 Å². The van der Waals surface area contributed by atoms with Gasteiger partial charge < -0.3 is 9.30 Å². The minimum Gasteiger partial charge on any atom is -0.492 e. The number of alkyl halides is 3. The van der Waals surface area contributed by atoms with Crippen LogP contribution in [0.5, 0.6) is 5.75 Å². The highest BCUT2D eigenvalue weighted by molar-refractivity contribution is 5.76. The van der Waals surface area contributed by atoms with E-state index in [9.17, 15) is 13.2 Å². The van der Waals surface area contributed by atoms with E-state index in [-0.39, 0.29) is 18.6 Å². The largest absolute Gasteiger partial charge is 0.492 e. The molecule has 1 aromatic heterocycles. The molecule has 0 unspecified atom stereocenters. The molecule has 3 aromatic rings. The number of halogens is 3. The molecular weight excluding hydrogens is 341 g/mol. The van der Waals surface area contributed by atoms with Crippen LogP contribution in [-0.4, -0.2) is 16.2 Å². The van der Waals surface area contributed by atoms with Gasteiger partial charge in [-0.25, -0.2) is 4.98 Å². The van der Waals surface area contributed by atoms with Crippen molar-refractivity contribution in [1.29, 1.82) is 0 Å². The van der Waals surface area contributed by atoms with Crippen molar-refractivity contribution < 1.29 is 17.9 Å². The quantitative estimate of drug-likeness (QED) is 0.619. The molecule has 2 aromatic carbocycles. The van der Waals surface area contributed by atoms with E-state index < -0.39 is 12.0 Å². The van der Waals surface area contributed by atoms with Crippen LogP contribution in [0.3, 0.4) is 0 Å². The first-order valence-corrected chi connectivity index (χ1v) is 8.42. The average molecular weight is 362 g/mol. The zero-order valence-corrected chi connectivity index (χ0v) is 15.0. The fraction of sp³-hybridized carbons (Fsp3) is 0.350. The van der Waals surface area contributed by atoms with Crippen LogP contribution in [-0.2, 0) is 18.1 Å². The Morgan fingerprint density at radius 1 is 0.962 bits per heavy atom. The van der Waals surface area contributed by atoms with Crippen LogP contribution in [0.15, 0.2) is 48.5 Å². The second-order valence-corrected chi connectivity index (χ2v) is 7.20. The Balaban J connectivity index is 1.76. The van der Waals surface area contributed by atoms with Crippen molar-refractivity contribution in [3.63, 3.8) is 0 Å². The van der Waals surface area contributed by atoms with E-state index in [1.54, 1.807) is 24.3 Å². The minimum atomic E-state index is -4.51. The topological polar surface area (TPSA) is 27.1 Å². The molecule has 0 aliphatic rings. The predicted molar refractivity (Wildman–Crippen MR) is 95.4 cm³/mol. The maximum atomic E-state index is 13.3. The number of fused-ring (bicyclic) bond motifs is 1. The molecule has 0 radical (unpaired) electrons. The first-order chi connectivity index (χ1) is 12.2. The van der Waals surface area contributed by atoms with Gasteiger partial charge in [-0.15, -0.1) is 0 Å². The van der Waals surface area contributed by atoms with Crippen molar-refractivity contribution in [3.8, 4) is 5.75 Å². The minimum absolute atomic E-state index is 0.0376. The summed E-state index contributed by atoms with van der Waals surface area (Å²) in [7, 11) is 0. The lowest BCUT2D eigenvalue weighted by atomic mass is 9.87. The van der Waals surface area contributed by atoms with E-state index in [0.29, 0.717) is 16.8 Å². The van der Waals surface area contributed by atoms with Crippen molar-refractivity contribution >= 4 is 11.0 Å². The molecular formula is C20H21F3N2O. The lowest BCUT2D eigenvalue weighted by Gasteiger charge is -2.19. The normalized spacial score (nSPS) is 12.5. The summed E-state index contributed by atoms with van der Waals surface area (Å²) in [6, 6.07) is 14.2. The Bertz CT molecular complexity index is 890. The fourth-order valence-electron chi connectivity index (χ4n) is 2.82. The zero-order chi connectivity index (χ0) is 18.9. The smallest absolute Gasteiger partial charge is 0.449 e. The van der Waals surface area contributed by atoms with Gasteiger partial charge in [0.25, 0.3) is 0 Å². The molecule has 0 spiro atoms. The van der Waals surface area contributed by atoms with Gasteiger partial charge in [-0.2, -0.15) is 13.2 Å². The monoisotopic (exact) mass is 362 g/mol. The molecule has 0 aliphatic carbocycles. The Kier molecular flexibility index (Phi) is 4.69. The van der Waals surface area contributed by atoms with E-state index in [1.807, 2.05) is 24.3 Å². The molecule has 0 saturated heterocycles. The van der Waals surface area contributed by atoms with Gasteiger partial charge in [-0.05, 0) is 35.2 Å². The molecule has 0 bridgehead atoms. The maximum Gasteiger partial charge on any atom is 0.449 e. The standard InChI is InChI=1S/C20H21F3N2O/c1-19(2,3)14-8-10-15(11-9-14)26-13-12-25-17-7-5-4-6-16(17)24-18(25)20(21,22)23/h4-11H,12-13H2,1-3H3. The molecule has 0 aliphatic heterocycles. The number of nitrogens with zero attached hydrogens (tertiary/aromatic N) is 2. The maximum absolute atomic E-state index is 13.3. The van der Waals surface area contributed by atoms with Crippen LogP contribution in [0.1, 0.15) is 32.2 Å². The van der Waals surface area contributed by atoms with Gasteiger partial charge in [-0.1, -0.05) is 45.0 Å². The number of benzene rings is 2. The van der Waals surface area contributed by atoms with E-state index in [4.69, 9.17) is 4.74 Å². The van der Waals surface area contributed by atoms with E-state index >= 15 is 0 Å². The zero-order valence-electron chi connectivity index (χ0n) is 15.0. The van der Waals surface area contributed by atoms with Crippen molar-refractivity contribution in [2.24, 2.45) is 0 Å². The third-order valence-electron chi connectivity index (χ3n) is 4.21. The number of hydrogen-bond acceptors (Lipinski definition) is 2. The summed E-state index contributed by atoms with van der Waals surface area (Å²) in [4.78, 5) is 3.73. The Labute approximate surface area is 150 Å². The van der Waals surface area contributed by atoms with Crippen molar-refractivity contribution in [2.75, 3.05) is 6.61 Å². The summed E-state index contributed by atoms with van der Waals surface area (Å²) in [5.74, 6) is -0.263. The van der Waals surface area contributed by atoms with E-state index in [1.165, 1.54) is 10.1 Å². The van der Waals surface area contributed by atoms with E-state index in [0.717, 1.165) is 0 Å². The van der Waals surface area contributed by atoms with Crippen LogP contribution >= 0.6 is 0 Å². The Morgan fingerprint density at radius 3 is 2.23 bits per heavy atom. The van der Waals surface area contributed by atoms with Crippen molar-refractivity contribution in [1.82, 2.24) is 9.55 Å². The Morgan fingerprint density at radius 2 is 1.62 bits per heavy atom. The van der Waals surface area contributed by atoms with Crippen LogP contribution < -0.4 is 4.74 Å². The third-order valence-corrected chi connectivity index (χ3v) is 4.21. The molecule has 3 nitrogen and oxygen atoms in total. The van der Waals surface area contributed by atoms with Crippen LogP contribution in [0.2, 0.25) is 0 Å². The first kappa shape index (κ1) is 18.3. The Hall–Kier alpha value is -2.50. The summed E-state index contributed by atoms with van der Waals surface area (Å²) in [6.45, 7) is 6.54. The van der Waals surface area contributed by atoms with Gasteiger partial charge in [0.05, 0.1) is 17.6 Å². The molecule has 0 saturated carbocycles. The third kappa shape index (κ3) is 3.84. The summed E-state index contributed by atoms with van der Waals surface area (Å²) in [6.07, 6.45) is -4.51. The van der Waals surface area contributed by atoms with Crippen LogP contribution in [0.4, 0.5) is 13.2 Å². The molecule has 0 amide bonds. The second kappa shape index (κ2) is 6.67. The summed E-state index contributed by atoms with van der Waals surface area (Å²) in [5.41, 5.74) is 1.99. The van der Waals surface area contributed by atoms with Crippen molar-refractivity contribution in [3.05, 3.63) is 59.9 Å². The molecule has 138 valence electrons. The van der Waals surface area contributed by atoms with Gasteiger partial charge in [0.15, 0.2) is 0 Å². The molecule has 0 atom stereocenters. The number of aromatic nitrogens is 2. The van der Waals surface area contributed by atoms with Crippen LogP contribution in [0, 0.1) is 0 Å². The second-order valence-electron chi connectivity index (χ2n) is 7.20. The summed E-state index contributed by atoms with van der Waals surface area (Å²) < 4.78 is 46.6. The lowest BCUT2D eigenvalue weighted by Crippen LogP contribution is -2.18. The highest BCUT2D eigenvalue weighted by Gasteiger charge is 2.37. The number of hydrogen-bond donors (Lipinski definition) is 0. The molecule has 6 heteroatoms. The van der Waals surface area contributed by atoms with E-state index in [2.05, 4.69) is 25.8 Å². The predicted octanol–water partition coefficient (Wildman–Crippen LogP) is 5.43.